The van der Waals surface area contributed by atoms with Crippen molar-refractivity contribution in [2.24, 2.45) is 10.7 Å². The van der Waals surface area contributed by atoms with Crippen LogP contribution in [0.3, 0.4) is 0 Å². The van der Waals surface area contributed by atoms with Crippen LogP contribution in [0.5, 0.6) is 0 Å². The Hall–Kier alpha value is -2.07. The summed E-state index contributed by atoms with van der Waals surface area (Å²) in [5, 5.41) is 2.24. The van der Waals surface area contributed by atoms with Gasteiger partial charge in [-0.05, 0) is 30.7 Å². The van der Waals surface area contributed by atoms with Crippen molar-refractivity contribution in [3.63, 3.8) is 0 Å². The normalized spacial score (nSPS) is 20.8. The van der Waals surface area contributed by atoms with Crippen molar-refractivity contribution in [2.45, 2.75) is 13.0 Å². The molecule has 2 aliphatic rings. The van der Waals surface area contributed by atoms with E-state index in [1.54, 1.807) is 0 Å². The van der Waals surface area contributed by atoms with E-state index in [1.807, 2.05) is 21.0 Å². The first-order chi connectivity index (χ1) is 9.04. The highest BCUT2D eigenvalue weighted by Gasteiger charge is 2.27. The van der Waals surface area contributed by atoms with Gasteiger partial charge >= 0.3 is 0 Å². The van der Waals surface area contributed by atoms with Crippen molar-refractivity contribution in [2.75, 3.05) is 19.0 Å². The van der Waals surface area contributed by atoms with E-state index in [1.165, 1.54) is 11.4 Å². The highest BCUT2D eigenvalue weighted by molar-refractivity contribution is 6.04. The van der Waals surface area contributed by atoms with E-state index in [0.717, 1.165) is 22.7 Å². The third-order valence-electron chi connectivity index (χ3n) is 3.66. The van der Waals surface area contributed by atoms with Gasteiger partial charge in [-0.2, -0.15) is 0 Å². The molecule has 4 N–H and O–H groups in total. The molecule has 1 aromatic carbocycles. The van der Waals surface area contributed by atoms with Gasteiger partial charge in [-0.3, -0.25) is 0 Å². The Labute approximate surface area is 113 Å². The maximum atomic E-state index is 5.99. The van der Waals surface area contributed by atoms with Crippen LogP contribution >= 0.6 is 0 Å². The molecule has 0 spiro atoms. The van der Waals surface area contributed by atoms with E-state index >= 15 is 0 Å². The molecule has 1 aromatic rings. The molecule has 0 fully saturated rings. The number of aliphatic imine (C=N–C) groups is 1. The largest absolute Gasteiger partial charge is 0.399 e. The number of rotatable bonds is 1. The van der Waals surface area contributed by atoms with Gasteiger partial charge in [0.15, 0.2) is 11.7 Å². The predicted octanol–water partition coefficient (Wildman–Crippen LogP) is 1.20. The Balaban J connectivity index is 2.05. The van der Waals surface area contributed by atoms with E-state index in [4.69, 9.17) is 10.7 Å². The Morgan fingerprint density at radius 3 is 2.84 bits per heavy atom. The molecule has 0 amide bonds. The number of allylic oxidation sites excluding steroid dienone is 1. The second-order valence-corrected chi connectivity index (χ2v) is 5.32. The molecule has 4 heteroatoms. The fourth-order valence-corrected chi connectivity index (χ4v) is 2.44. The van der Waals surface area contributed by atoms with Crippen LogP contribution in [0.4, 0.5) is 17.1 Å². The third-order valence-corrected chi connectivity index (χ3v) is 3.66. The third kappa shape index (κ3) is 2.04. The lowest BCUT2D eigenvalue weighted by atomic mass is 9.97. The number of nitrogens with zero attached hydrogens (tertiary/aromatic N) is 2. The Bertz CT molecular complexity index is 623. The number of benzene rings is 1. The summed E-state index contributed by atoms with van der Waals surface area (Å²) in [7, 11) is 4.09. The predicted molar refractivity (Wildman–Crippen MR) is 79.3 cm³/mol. The van der Waals surface area contributed by atoms with Gasteiger partial charge in [-0.1, -0.05) is 0 Å². The van der Waals surface area contributed by atoms with Crippen LogP contribution in [-0.4, -0.2) is 25.8 Å². The number of hydrogen-bond donors (Lipinski definition) is 2. The average molecular weight is 255 g/mol. The molecule has 1 unspecified atom stereocenters. The van der Waals surface area contributed by atoms with Crippen molar-refractivity contribution < 1.29 is 5.32 Å². The van der Waals surface area contributed by atoms with Crippen LogP contribution in [0.1, 0.15) is 6.92 Å². The summed E-state index contributed by atoms with van der Waals surface area (Å²) in [5.41, 5.74) is 12.4. The molecule has 0 bridgehead atoms. The molecule has 0 aromatic heterocycles. The molecule has 98 valence electrons. The molecule has 4 nitrogen and oxygen atoms in total. The SMILES string of the molecule is CC1=CC2=Nc3ccc(N(C)C)cc3[NH2+]C2C=C1N. The number of anilines is 1. The van der Waals surface area contributed by atoms with Crippen LogP contribution in [0.2, 0.25) is 0 Å². The summed E-state index contributed by atoms with van der Waals surface area (Å²) in [6, 6.07) is 6.55. The zero-order chi connectivity index (χ0) is 13.6. The second kappa shape index (κ2) is 4.24. The average Bonchev–Trinajstić information content (AvgIpc) is 2.37. The molecule has 0 saturated carbocycles. The van der Waals surface area contributed by atoms with E-state index in [2.05, 4.69) is 40.6 Å². The van der Waals surface area contributed by atoms with Gasteiger partial charge < -0.3 is 16.0 Å². The molecule has 1 aliphatic heterocycles. The van der Waals surface area contributed by atoms with Crippen LogP contribution in [0, 0.1) is 0 Å². The lowest BCUT2D eigenvalue weighted by Gasteiger charge is -2.24. The summed E-state index contributed by atoms with van der Waals surface area (Å²) in [6.45, 7) is 2.02. The molecule has 0 radical (unpaired) electrons. The van der Waals surface area contributed by atoms with Gasteiger partial charge in [0.05, 0.1) is 0 Å². The van der Waals surface area contributed by atoms with Crippen LogP contribution in [0.15, 0.2) is 46.6 Å². The Morgan fingerprint density at radius 1 is 1.32 bits per heavy atom. The molecule has 19 heavy (non-hydrogen) atoms. The second-order valence-electron chi connectivity index (χ2n) is 5.32. The fraction of sp³-hybridized carbons (Fsp3) is 0.267. The summed E-state index contributed by atoms with van der Waals surface area (Å²) in [6.07, 6.45) is 4.17. The summed E-state index contributed by atoms with van der Waals surface area (Å²) >= 11 is 0. The number of fused-ring (bicyclic) bond motifs is 2. The monoisotopic (exact) mass is 255 g/mol. The number of hydrogen-bond acceptors (Lipinski definition) is 3. The van der Waals surface area contributed by atoms with Crippen LogP contribution in [-0.2, 0) is 0 Å². The summed E-state index contributed by atoms with van der Waals surface area (Å²) in [4.78, 5) is 6.84. The minimum atomic E-state index is 0.202. The highest BCUT2D eigenvalue weighted by atomic mass is 15.1. The Morgan fingerprint density at radius 2 is 2.11 bits per heavy atom. The van der Waals surface area contributed by atoms with Gasteiger partial charge in [-0.15, -0.1) is 0 Å². The number of nitrogens with two attached hydrogens (primary N) is 2. The first-order valence-corrected chi connectivity index (χ1v) is 6.45. The molecule has 1 atom stereocenters. The van der Waals surface area contributed by atoms with Gasteiger partial charge in [0, 0.05) is 37.6 Å². The molecule has 0 saturated heterocycles. The minimum absolute atomic E-state index is 0.202. The zero-order valence-corrected chi connectivity index (χ0v) is 11.5. The molecule has 1 aliphatic carbocycles. The Kier molecular flexibility index (Phi) is 2.68. The topological polar surface area (TPSA) is 58.2 Å². The van der Waals surface area contributed by atoms with Gasteiger partial charge in [0.1, 0.15) is 11.4 Å². The van der Waals surface area contributed by atoms with E-state index in [9.17, 15) is 0 Å². The minimum Gasteiger partial charge on any atom is -0.399 e. The van der Waals surface area contributed by atoms with Crippen molar-refractivity contribution in [1.29, 1.82) is 0 Å². The quantitative estimate of drug-likeness (QED) is 0.741. The van der Waals surface area contributed by atoms with Crippen LogP contribution in [0.25, 0.3) is 0 Å². The summed E-state index contributed by atoms with van der Waals surface area (Å²) < 4.78 is 0. The highest BCUT2D eigenvalue weighted by Crippen LogP contribution is 2.30. The van der Waals surface area contributed by atoms with E-state index in [0.29, 0.717) is 0 Å². The first kappa shape index (κ1) is 12.0. The van der Waals surface area contributed by atoms with Gasteiger partial charge in [-0.25, -0.2) is 4.99 Å². The molecular formula is C15H19N4+. The molecule has 1 heterocycles. The summed E-state index contributed by atoms with van der Waals surface area (Å²) in [5.74, 6) is 0. The molecular weight excluding hydrogens is 236 g/mol. The zero-order valence-electron chi connectivity index (χ0n) is 11.5. The van der Waals surface area contributed by atoms with Crippen molar-refractivity contribution >= 4 is 22.8 Å². The lowest BCUT2D eigenvalue weighted by molar-refractivity contribution is -0.582. The van der Waals surface area contributed by atoms with Gasteiger partial charge in [0.2, 0.25) is 0 Å². The maximum Gasteiger partial charge on any atom is 0.158 e. The maximum absolute atomic E-state index is 5.99. The standard InChI is InChI=1S/C15H18N4/c1-9-6-13-15(8-11(9)16)18-14-7-10(19(2)3)4-5-12(14)17-13/h4-8,15,18H,16H2,1-3H3/p+1. The first-order valence-electron chi connectivity index (χ1n) is 6.45. The van der Waals surface area contributed by atoms with Gasteiger partial charge in [0.25, 0.3) is 0 Å². The smallest absolute Gasteiger partial charge is 0.158 e. The van der Waals surface area contributed by atoms with Crippen molar-refractivity contribution in [3.8, 4) is 0 Å². The van der Waals surface area contributed by atoms with Crippen molar-refractivity contribution in [3.05, 3.63) is 41.6 Å². The van der Waals surface area contributed by atoms with Crippen LogP contribution < -0.4 is 16.0 Å². The van der Waals surface area contributed by atoms with Crippen molar-refractivity contribution in [1.82, 2.24) is 0 Å². The van der Waals surface area contributed by atoms with E-state index < -0.39 is 0 Å². The number of quaternary nitrogens is 1. The molecule has 3 rings (SSSR count). The van der Waals surface area contributed by atoms with E-state index in [-0.39, 0.29) is 6.04 Å². The lowest BCUT2D eigenvalue weighted by Crippen LogP contribution is -2.87. The fourth-order valence-electron chi connectivity index (χ4n) is 2.44.